The maximum atomic E-state index is 5.04. The van der Waals surface area contributed by atoms with E-state index in [1.165, 1.54) is 0 Å². The molecule has 0 unspecified atom stereocenters. The summed E-state index contributed by atoms with van der Waals surface area (Å²) in [7, 11) is 3.19. The first-order valence-electron chi connectivity index (χ1n) is 3.01. The van der Waals surface area contributed by atoms with Crippen LogP contribution in [-0.4, -0.2) is 13.2 Å². The molecule has 61 valence electrons. The lowest BCUT2D eigenvalue weighted by molar-refractivity contribution is 0.202. The van der Waals surface area contributed by atoms with E-state index in [4.69, 9.17) is 20.9 Å². The van der Waals surface area contributed by atoms with Crippen molar-refractivity contribution in [1.82, 2.24) is 0 Å². The molecule has 0 spiro atoms. The summed E-state index contributed by atoms with van der Waals surface area (Å²) in [6.45, 7) is 2.17. The molecule has 0 amide bonds. The van der Waals surface area contributed by atoms with Gasteiger partial charge in [0.2, 0.25) is 0 Å². The second kappa shape index (κ2) is 5.22. The summed E-state index contributed by atoms with van der Waals surface area (Å²) in [6, 6.07) is 0. The third-order valence-corrected chi connectivity index (χ3v) is 3.15. The predicted molar refractivity (Wildman–Crippen MR) is 44.0 cm³/mol. The van der Waals surface area contributed by atoms with Crippen LogP contribution in [0.25, 0.3) is 0 Å². The number of rotatable bonds is 5. The summed E-state index contributed by atoms with van der Waals surface area (Å²) in [6.07, 6.45) is 0. The third-order valence-electron chi connectivity index (χ3n) is 0.733. The van der Waals surface area contributed by atoms with Crippen LogP contribution in [0.2, 0.25) is 0 Å². The molecular formula is C5H12O3PS. The Bertz CT molecular complexity index is 118. The first-order chi connectivity index (χ1) is 4.68. The molecule has 0 aliphatic heterocycles. The molecule has 0 atom stereocenters. The Morgan fingerprint density at radius 3 is 1.90 bits per heavy atom. The van der Waals surface area contributed by atoms with Crippen molar-refractivity contribution >= 4 is 18.5 Å². The van der Waals surface area contributed by atoms with Crippen molar-refractivity contribution in [3.8, 4) is 0 Å². The lowest BCUT2D eigenvalue weighted by Gasteiger charge is -2.17. The van der Waals surface area contributed by atoms with E-state index in [1.807, 2.05) is 13.8 Å². The topological polar surface area (TPSA) is 27.7 Å². The smallest absolute Gasteiger partial charge is 0.309 e. The van der Waals surface area contributed by atoms with E-state index >= 15 is 0 Å². The molecule has 0 aliphatic carbocycles. The van der Waals surface area contributed by atoms with Crippen molar-refractivity contribution in [1.29, 1.82) is 0 Å². The minimum absolute atomic E-state index is 0.493. The Kier molecular flexibility index (Phi) is 5.49. The molecule has 0 aliphatic rings. The highest BCUT2D eigenvalue weighted by atomic mass is 32.5. The van der Waals surface area contributed by atoms with E-state index in [0.717, 1.165) is 0 Å². The molecule has 10 heavy (non-hydrogen) atoms. The van der Waals surface area contributed by atoms with Gasteiger partial charge in [0.15, 0.2) is 0 Å². The van der Waals surface area contributed by atoms with Crippen LogP contribution in [-0.2, 0) is 25.4 Å². The molecule has 0 saturated heterocycles. The maximum absolute atomic E-state index is 5.04. The summed E-state index contributed by atoms with van der Waals surface area (Å²) >= 11 is 4.88. The highest BCUT2D eigenvalue weighted by molar-refractivity contribution is 8.07. The van der Waals surface area contributed by atoms with Gasteiger partial charge in [-0.15, -0.1) is 0 Å². The Morgan fingerprint density at radius 2 is 1.70 bits per heavy atom. The first-order valence-corrected chi connectivity index (χ1v) is 5.57. The van der Waals surface area contributed by atoms with E-state index in [-0.39, 0.29) is 0 Å². The van der Waals surface area contributed by atoms with E-state index in [2.05, 4.69) is 11.6 Å². The highest BCUT2D eigenvalue weighted by Crippen LogP contribution is 2.48. The van der Waals surface area contributed by atoms with Crippen molar-refractivity contribution in [3.63, 3.8) is 0 Å². The fourth-order valence-corrected chi connectivity index (χ4v) is 1.92. The van der Waals surface area contributed by atoms with Gasteiger partial charge in [-0.2, -0.15) is 0 Å². The summed E-state index contributed by atoms with van der Waals surface area (Å²) in [4.78, 5) is 0. The SMILES string of the molecule is [CH2]OP(=S)(OCC)OCC. The van der Waals surface area contributed by atoms with Gasteiger partial charge in [-0.05, 0) is 25.7 Å². The van der Waals surface area contributed by atoms with Gasteiger partial charge in [-0.1, -0.05) is 0 Å². The molecule has 0 aromatic heterocycles. The zero-order chi connectivity index (χ0) is 8.04. The molecule has 0 aromatic rings. The maximum Gasteiger partial charge on any atom is 0.327 e. The van der Waals surface area contributed by atoms with E-state index < -0.39 is 6.72 Å². The molecular weight excluding hydrogens is 171 g/mol. The molecule has 5 heteroatoms. The Balaban J connectivity index is 3.83. The van der Waals surface area contributed by atoms with Gasteiger partial charge in [0.25, 0.3) is 0 Å². The van der Waals surface area contributed by atoms with Gasteiger partial charge in [-0.3, -0.25) is 0 Å². The lowest BCUT2D eigenvalue weighted by atomic mass is 10.9. The van der Waals surface area contributed by atoms with Crippen LogP contribution >= 0.6 is 6.72 Å². The summed E-state index contributed by atoms with van der Waals surface area (Å²) in [5.41, 5.74) is 0. The fourth-order valence-electron chi connectivity index (χ4n) is 0.428. The van der Waals surface area contributed by atoms with Crippen LogP contribution in [0.15, 0.2) is 0 Å². The van der Waals surface area contributed by atoms with Gasteiger partial charge < -0.3 is 13.6 Å². The Hall–Kier alpha value is 0.530. The zero-order valence-corrected chi connectivity index (χ0v) is 7.91. The molecule has 0 rings (SSSR count). The number of hydrogen-bond acceptors (Lipinski definition) is 4. The molecule has 1 radical (unpaired) electrons. The van der Waals surface area contributed by atoms with Crippen LogP contribution < -0.4 is 0 Å². The molecule has 0 saturated carbocycles. The van der Waals surface area contributed by atoms with E-state index in [0.29, 0.717) is 13.2 Å². The predicted octanol–water partition coefficient (Wildman–Crippen LogP) is 2.09. The van der Waals surface area contributed by atoms with Crippen molar-refractivity contribution in [3.05, 3.63) is 7.11 Å². The molecule has 0 aromatic carbocycles. The van der Waals surface area contributed by atoms with Crippen molar-refractivity contribution < 1.29 is 13.6 Å². The monoisotopic (exact) mass is 183 g/mol. The van der Waals surface area contributed by atoms with Crippen molar-refractivity contribution in [2.45, 2.75) is 13.8 Å². The molecule has 3 nitrogen and oxygen atoms in total. The Morgan fingerprint density at radius 1 is 1.30 bits per heavy atom. The highest BCUT2D eigenvalue weighted by Gasteiger charge is 2.15. The van der Waals surface area contributed by atoms with Crippen LogP contribution in [0, 0.1) is 7.11 Å². The van der Waals surface area contributed by atoms with Crippen molar-refractivity contribution in [2.24, 2.45) is 0 Å². The van der Waals surface area contributed by atoms with Gasteiger partial charge in [-0.25, -0.2) is 0 Å². The van der Waals surface area contributed by atoms with E-state index in [1.54, 1.807) is 0 Å². The molecule has 0 bridgehead atoms. The van der Waals surface area contributed by atoms with Gasteiger partial charge in [0, 0.05) is 0 Å². The normalized spacial score (nSPS) is 11.9. The van der Waals surface area contributed by atoms with Gasteiger partial charge in [0.1, 0.15) is 0 Å². The molecule has 0 heterocycles. The van der Waals surface area contributed by atoms with Crippen LogP contribution in [0.1, 0.15) is 13.8 Å². The van der Waals surface area contributed by atoms with Crippen LogP contribution in [0.3, 0.4) is 0 Å². The Labute approximate surface area is 66.9 Å². The number of hydrogen-bond donors (Lipinski definition) is 0. The quantitative estimate of drug-likeness (QED) is 0.610. The molecule has 0 N–H and O–H groups in total. The average Bonchev–Trinajstić information content (AvgIpc) is 1.89. The largest absolute Gasteiger partial charge is 0.327 e. The third kappa shape index (κ3) is 3.64. The summed E-state index contributed by atoms with van der Waals surface area (Å²) < 4.78 is 14.7. The van der Waals surface area contributed by atoms with Gasteiger partial charge >= 0.3 is 6.72 Å². The first kappa shape index (κ1) is 10.5. The summed E-state index contributed by atoms with van der Waals surface area (Å²) in [5, 5.41) is 0. The second-order valence-electron chi connectivity index (χ2n) is 1.41. The standard InChI is InChI=1S/C5H12O3PS/c1-4-7-9(10,6-3)8-5-2/h3-5H2,1-2H3. The van der Waals surface area contributed by atoms with Gasteiger partial charge in [0.05, 0.1) is 20.3 Å². The van der Waals surface area contributed by atoms with Crippen LogP contribution in [0.4, 0.5) is 0 Å². The zero-order valence-electron chi connectivity index (χ0n) is 6.20. The molecule has 0 fully saturated rings. The lowest BCUT2D eigenvalue weighted by Crippen LogP contribution is -1.95. The fraction of sp³-hybridized carbons (Fsp3) is 0.800. The van der Waals surface area contributed by atoms with Crippen molar-refractivity contribution in [2.75, 3.05) is 13.2 Å². The minimum atomic E-state index is -2.48. The second-order valence-corrected chi connectivity index (χ2v) is 4.42. The minimum Gasteiger partial charge on any atom is -0.309 e. The average molecular weight is 183 g/mol. The van der Waals surface area contributed by atoms with Crippen LogP contribution in [0.5, 0.6) is 0 Å². The van der Waals surface area contributed by atoms with E-state index in [9.17, 15) is 0 Å². The summed E-state index contributed by atoms with van der Waals surface area (Å²) in [5.74, 6) is 0.